The van der Waals surface area contributed by atoms with Gasteiger partial charge in [0.1, 0.15) is 0 Å². The topological polar surface area (TPSA) is 66.5 Å². The fourth-order valence-corrected chi connectivity index (χ4v) is 2.75. The Morgan fingerprint density at radius 1 is 1.12 bits per heavy atom. The SMILES string of the molecule is CC(C)(C(=O)NCCCN1C(=O)CCC1=O)c1cccc(C(F)(F)F)c1. The van der Waals surface area contributed by atoms with Crippen LogP contribution in [0.4, 0.5) is 13.2 Å². The van der Waals surface area contributed by atoms with Crippen molar-refractivity contribution in [2.24, 2.45) is 0 Å². The molecule has 1 aromatic carbocycles. The molecule has 5 nitrogen and oxygen atoms in total. The van der Waals surface area contributed by atoms with E-state index in [-0.39, 0.29) is 43.3 Å². The van der Waals surface area contributed by atoms with Crippen LogP contribution in [0.1, 0.15) is 44.2 Å². The zero-order valence-corrected chi connectivity index (χ0v) is 14.7. The molecule has 1 heterocycles. The number of carbonyl (C=O) groups is 3. The number of carbonyl (C=O) groups excluding carboxylic acids is 3. The molecule has 2 rings (SSSR count). The third-order valence-electron chi connectivity index (χ3n) is 4.48. The van der Waals surface area contributed by atoms with Gasteiger partial charge >= 0.3 is 6.18 Å². The second kappa shape index (κ2) is 7.47. The third-order valence-corrected chi connectivity index (χ3v) is 4.48. The summed E-state index contributed by atoms with van der Waals surface area (Å²) in [6.07, 6.45) is -3.65. The lowest BCUT2D eigenvalue weighted by atomic mass is 9.83. The van der Waals surface area contributed by atoms with Crippen molar-refractivity contribution in [3.63, 3.8) is 0 Å². The van der Waals surface area contributed by atoms with Crippen molar-refractivity contribution >= 4 is 17.7 Å². The van der Waals surface area contributed by atoms with Gasteiger partial charge in [-0.15, -0.1) is 0 Å². The van der Waals surface area contributed by atoms with Gasteiger partial charge in [0.15, 0.2) is 0 Å². The summed E-state index contributed by atoms with van der Waals surface area (Å²) in [6, 6.07) is 4.69. The Bertz CT molecular complexity index is 698. The number of nitrogens with one attached hydrogen (secondary N) is 1. The van der Waals surface area contributed by atoms with Crippen molar-refractivity contribution < 1.29 is 27.6 Å². The van der Waals surface area contributed by atoms with Crippen molar-refractivity contribution in [3.8, 4) is 0 Å². The Labute approximate surface area is 149 Å². The average molecular weight is 370 g/mol. The quantitative estimate of drug-likeness (QED) is 0.618. The summed E-state index contributed by atoms with van der Waals surface area (Å²) in [6.45, 7) is 3.54. The van der Waals surface area contributed by atoms with Gasteiger partial charge in [0.25, 0.3) is 0 Å². The van der Waals surface area contributed by atoms with Crippen molar-refractivity contribution in [2.75, 3.05) is 13.1 Å². The number of halogens is 3. The second-order valence-electron chi connectivity index (χ2n) is 6.75. The number of amides is 3. The molecular weight excluding hydrogens is 349 g/mol. The van der Waals surface area contributed by atoms with Crippen LogP contribution in [-0.2, 0) is 26.0 Å². The van der Waals surface area contributed by atoms with Gasteiger partial charge in [-0.25, -0.2) is 0 Å². The van der Waals surface area contributed by atoms with Gasteiger partial charge in [-0.3, -0.25) is 19.3 Å². The molecular formula is C18H21F3N2O3. The third kappa shape index (κ3) is 4.42. The van der Waals surface area contributed by atoms with Crippen LogP contribution in [0.25, 0.3) is 0 Å². The molecule has 0 spiro atoms. The van der Waals surface area contributed by atoms with E-state index >= 15 is 0 Å². The van der Waals surface area contributed by atoms with E-state index in [2.05, 4.69) is 5.32 Å². The lowest BCUT2D eigenvalue weighted by Gasteiger charge is -2.25. The maximum Gasteiger partial charge on any atom is 0.416 e. The maximum atomic E-state index is 12.9. The van der Waals surface area contributed by atoms with Crippen LogP contribution in [0, 0.1) is 0 Å². The predicted molar refractivity (Wildman–Crippen MR) is 88.1 cm³/mol. The average Bonchev–Trinajstić information content (AvgIpc) is 2.89. The highest BCUT2D eigenvalue weighted by molar-refractivity contribution is 6.01. The van der Waals surface area contributed by atoms with E-state index in [0.717, 1.165) is 12.1 Å². The molecule has 0 unspecified atom stereocenters. The summed E-state index contributed by atoms with van der Waals surface area (Å²) < 4.78 is 38.6. The smallest absolute Gasteiger partial charge is 0.355 e. The largest absolute Gasteiger partial charge is 0.416 e. The Morgan fingerprint density at radius 3 is 2.27 bits per heavy atom. The van der Waals surface area contributed by atoms with Gasteiger partial charge in [-0.05, 0) is 31.9 Å². The summed E-state index contributed by atoms with van der Waals surface area (Å²) in [5, 5.41) is 2.66. The molecule has 0 aliphatic carbocycles. The first-order chi connectivity index (χ1) is 12.0. The highest BCUT2D eigenvalue weighted by Gasteiger charge is 2.35. The first-order valence-corrected chi connectivity index (χ1v) is 8.32. The summed E-state index contributed by atoms with van der Waals surface area (Å²) in [5.74, 6) is -0.854. The Morgan fingerprint density at radius 2 is 1.69 bits per heavy atom. The first kappa shape index (κ1) is 19.9. The molecule has 142 valence electrons. The molecule has 1 N–H and O–H groups in total. The molecule has 0 atom stereocenters. The van der Waals surface area contributed by atoms with Crippen LogP contribution in [-0.4, -0.2) is 35.7 Å². The van der Waals surface area contributed by atoms with Gasteiger partial charge in [0, 0.05) is 25.9 Å². The second-order valence-corrected chi connectivity index (χ2v) is 6.75. The molecule has 1 aliphatic rings. The normalized spacial score (nSPS) is 15.5. The first-order valence-electron chi connectivity index (χ1n) is 8.32. The summed E-state index contributed by atoms with van der Waals surface area (Å²) in [4.78, 5) is 36.6. The molecule has 0 saturated carbocycles. The van der Waals surface area contributed by atoms with Gasteiger partial charge in [0.2, 0.25) is 17.7 Å². The standard InChI is InChI=1S/C18H21F3N2O3/c1-17(2,12-5-3-6-13(11-12)18(19,20)21)16(26)22-9-4-10-23-14(24)7-8-15(23)25/h3,5-6,11H,4,7-10H2,1-2H3,(H,22,26). The van der Waals surface area contributed by atoms with Crippen molar-refractivity contribution in [2.45, 2.75) is 44.7 Å². The maximum absolute atomic E-state index is 12.9. The summed E-state index contributed by atoms with van der Waals surface area (Å²) in [7, 11) is 0. The molecule has 0 bridgehead atoms. The minimum absolute atomic E-state index is 0.216. The fourth-order valence-electron chi connectivity index (χ4n) is 2.75. The van der Waals surface area contributed by atoms with Crippen LogP contribution >= 0.6 is 0 Å². The zero-order chi connectivity index (χ0) is 19.5. The van der Waals surface area contributed by atoms with Gasteiger partial charge in [0.05, 0.1) is 11.0 Å². The Hall–Kier alpha value is -2.38. The Kier molecular flexibility index (Phi) is 5.73. The van der Waals surface area contributed by atoms with E-state index in [0.29, 0.717) is 6.42 Å². The van der Waals surface area contributed by atoms with E-state index in [4.69, 9.17) is 0 Å². The molecule has 1 aliphatic heterocycles. The van der Waals surface area contributed by atoms with Crippen LogP contribution in [0.5, 0.6) is 0 Å². The molecule has 1 aromatic rings. The van der Waals surface area contributed by atoms with Crippen molar-refractivity contribution in [1.29, 1.82) is 0 Å². The van der Waals surface area contributed by atoms with Crippen LogP contribution in [0.15, 0.2) is 24.3 Å². The monoisotopic (exact) mass is 370 g/mol. The van der Waals surface area contributed by atoms with Crippen LogP contribution in [0.2, 0.25) is 0 Å². The van der Waals surface area contributed by atoms with Crippen molar-refractivity contribution in [3.05, 3.63) is 35.4 Å². The minimum atomic E-state index is -4.47. The fraction of sp³-hybridized carbons (Fsp3) is 0.500. The molecule has 1 saturated heterocycles. The highest BCUT2D eigenvalue weighted by Crippen LogP contribution is 2.32. The van der Waals surface area contributed by atoms with E-state index in [1.165, 1.54) is 17.0 Å². The minimum Gasteiger partial charge on any atom is -0.355 e. The van der Waals surface area contributed by atoms with Gasteiger partial charge in [-0.2, -0.15) is 13.2 Å². The van der Waals surface area contributed by atoms with E-state index in [1.807, 2.05) is 0 Å². The molecule has 1 fully saturated rings. The number of nitrogens with zero attached hydrogens (tertiary/aromatic N) is 1. The van der Waals surface area contributed by atoms with Crippen LogP contribution < -0.4 is 5.32 Å². The van der Waals surface area contributed by atoms with Gasteiger partial charge in [-0.1, -0.05) is 18.2 Å². The molecule has 3 amide bonds. The number of hydrogen-bond donors (Lipinski definition) is 1. The number of rotatable bonds is 6. The number of likely N-dealkylation sites (tertiary alicyclic amines) is 1. The van der Waals surface area contributed by atoms with E-state index < -0.39 is 23.1 Å². The van der Waals surface area contributed by atoms with E-state index in [9.17, 15) is 27.6 Å². The van der Waals surface area contributed by atoms with E-state index in [1.54, 1.807) is 13.8 Å². The highest BCUT2D eigenvalue weighted by atomic mass is 19.4. The summed E-state index contributed by atoms with van der Waals surface area (Å²) >= 11 is 0. The number of imide groups is 1. The number of benzene rings is 1. The van der Waals surface area contributed by atoms with Crippen molar-refractivity contribution in [1.82, 2.24) is 10.2 Å². The Balaban J connectivity index is 1.93. The zero-order valence-electron chi connectivity index (χ0n) is 14.7. The number of alkyl halides is 3. The van der Waals surface area contributed by atoms with Crippen LogP contribution in [0.3, 0.4) is 0 Å². The molecule has 0 aromatic heterocycles. The summed E-state index contributed by atoms with van der Waals surface area (Å²) in [5.41, 5.74) is -1.70. The lowest BCUT2D eigenvalue weighted by molar-refractivity contribution is -0.139. The molecule has 26 heavy (non-hydrogen) atoms. The van der Waals surface area contributed by atoms with Gasteiger partial charge < -0.3 is 5.32 Å². The number of hydrogen-bond acceptors (Lipinski definition) is 3. The lowest BCUT2D eigenvalue weighted by Crippen LogP contribution is -2.41. The molecule has 8 heteroatoms. The molecule has 0 radical (unpaired) electrons. The predicted octanol–water partition coefficient (Wildman–Crippen LogP) is 2.64.